The van der Waals surface area contributed by atoms with Gasteiger partial charge >= 0.3 is 0 Å². The third kappa shape index (κ3) is 1.48. The summed E-state index contributed by atoms with van der Waals surface area (Å²) < 4.78 is 5.57. The topological polar surface area (TPSA) is 38.3 Å². The largest absolute Gasteiger partial charge is 0.492 e. The highest BCUT2D eigenvalue weighted by Gasteiger charge is 2.35. The Bertz CT molecular complexity index is 410. The zero-order valence-corrected chi connectivity index (χ0v) is 9.26. The van der Waals surface area contributed by atoms with E-state index in [1.165, 1.54) is 0 Å². The quantitative estimate of drug-likeness (QED) is 0.758. The smallest absolute Gasteiger partial charge is 0.251 e. The number of benzene rings is 1. The fraction of sp³-hybridized carbons (Fsp3) is 0.417. The van der Waals surface area contributed by atoms with Gasteiger partial charge in [-0.05, 0) is 12.1 Å². The van der Waals surface area contributed by atoms with Gasteiger partial charge in [-0.25, -0.2) is 0 Å². The lowest BCUT2D eigenvalue weighted by atomic mass is 9.83. The van der Waals surface area contributed by atoms with Gasteiger partial charge in [0.1, 0.15) is 5.75 Å². The number of hydrogen-bond donors (Lipinski definition) is 1. The highest BCUT2D eigenvalue weighted by molar-refractivity contribution is 5.96. The fourth-order valence-corrected chi connectivity index (χ4v) is 2.00. The van der Waals surface area contributed by atoms with Crippen molar-refractivity contribution in [3.05, 3.63) is 29.3 Å². The lowest BCUT2D eigenvalue weighted by Crippen LogP contribution is -2.25. The zero-order valence-electron chi connectivity index (χ0n) is 9.26. The van der Waals surface area contributed by atoms with Gasteiger partial charge < -0.3 is 10.1 Å². The van der Waals surface area contributed by atoms with Crippen molar-refractivity contribution in [2.24, 2.45) is 0 Å². The summed E-state index contributed by atoms with van der Waals surface area (Å²) in [6.07, 6.45) is 0. The van der Waals surface area contributed by atoms with Crippen LogP contribution in [0.4, 0.5) is 0 Å². The first-order valence-electron chi connectivity index (χ1n) is 5.04. The predicted molar refractivity (Wildman–Crippen MR) is 58.4 cm³/mol. The van der Waals surface area contributed by atoms with E-state index in [9.17, 15) is 4.79 Å². The molecule has 1 heterocycles. The summed E-state index contributed by atoms with van der Waals surface area (Å²) in [7, 11) is 1.64. The molecule has 0 aliphatic carbocycles. The van der Waals surface area contributed by atoms with E-state index >= 15 is 0 Å². The third-order valence-electron chi connectivity index (χ3n) is 2.76. The van der Waals surface area contributed by atoms with Crippen molar-refractivity contribution in [1.82, 2.24) is 5.32 Å². The molecule has 0 spiro atoms. The number of carbonyl (C=O) groups excluding carboxylic acids is 1. The average molecular weight is 205 g/mol. The fourth-order valence-electron chi connectivity index (χ4n) is 2.00. The number of amides is 1. The number of hydrogen-bond acceptors (Lipinski definition) is 2. The maximum atomic E-state index is 11.7. The summed E-state index contributed by atoms with van der Waals surface area (Å²) in [5.74, 6) is 0.784. The molecule has 0 saturated carbocycles. The van der Waals surface area contributed by atoms with Gasteiger partial charge in [0.15, 0.2) is 0 Å². The Morgan fingerprint density at radius 2 is 2.20 bits per heavy atom. The molecule has 0 saturated heterocycles. The molecule has 3 nitrogen and oxygen atoms in total. The predicted octanol–water partition coefficient (Wildman–Crippen LogP) is 1.72. The molecule has 1 aliphatic rings. The van der Waals surface area contributed by atoms with E-state index in [0.29, 0.717) is 6.61 Å². The number of carbonyl (C=O) groups is 1. The van der Waals surface area contributed by atoms with Crippen LogP contribution >= 0.6 is 0 Å². The van der Waals surface area contributed by atoms with Crippen molar-refractivity contribution in [2.45, 2.75) is 19.3 Å². The molecule has 1 amide bonds. The van der Waals surface area contributed by atoms with Crippen molar-refractivity contribution in [3.63, 3.8) is 0 Å². The van der Waals surface area contributed by atoms with Crippen molar-refractivity contribution >= 4 is 5.91 Å². The van der Waals surface area contributed by atoms with Crippen LogP contribution < -0.4 is 10.1 Å². The molecule has 15 heavy (non-hydrogen) atoms. The summed E-state index contributed by atoms with van der Waals surface area (Å²) in [6.45, 7) is 4.81. The number of nitrogens with one attached hydrogen (secondary N) is 1. The van der Waals surface area contributed by atoms with Crippen molar-refractivity contribution < 1.29 is 9.53 Å². The summed E-state index contributed by atoms with van der Waals surface area (Å²) in [6, 6.07) is 5.61. The number of rotatable bonds is 1. The molecule has 1 aromatic carbocycles. The molecule has 0 fully saturated rings. The Morgan fingerprint density at radius 1 is 1.47 bits per heavy atom. The minimum atomic E-state index is -0.0849. The SMILES string of the molecule is CNC(=O)c1cccc2c1C(C)(C)CO2. The van der Waals surface area contributed by atoms with Gasteiger partial charge in [-0.2, -0.15) is 0 Å². The summed E-state index contributed by atoms with van der Waals surface area (Å²) in [5, 5.41) is 2.65. The lowest BCUT2D eigenvalue weighted by Gasteiger charge is -2.18. The molecule has 0 aromatic heterocycles. The molecule has 0 unspecified atom stereocenters. The monoisotopic (exact) mass is 205 g/mol. The Balaban J connectivity index is 2.59. The van der Waals surface area contributed by atoms with Crippen molar-refractivity contribution in [3.8, 4) is 5.75 Å². The van der Waals surface area contributed by atoms with Crippen LogP contribution in [0.3, 0.4) is 0 Å². The molecular weight excluding hydrogens is 190 g/mol. The van der Waals surface area contributed by atoms with Gasteiger partial charge in [0, 0.05) is 23.6 Å². The highest BCUT2D eigenvalue weighted by atomic mass is 16.5. The molecular formula is C12H15NO2. The normalized spacial score (nSPS) is 16.7. The summed E-state index contributed by atoms with van der Waals surface area (Å²) >= 11 is 0. The minimum Gasteiger partial charge on any atom is -0.492 e. The number of fused-ring (bicyclic) bond motifs is 1. The van der Waals surface area contributed by atoms with Gasteiger partial charge in [0.25, 0.3) is 5.91 Å². The maximum Gasteiger partial charge on any atom is 0.251 e. The van der Waals surface area contributed by atoms with Gasteiger partial charge in [-0.1, -0.05) is 19.9 Å². The minimum absolute atomic E-state index is 0.0505. The Labute approximate surface area is 89.4 Å². The average Bonchev–Trinajstić information content (AvgIpc) is 2.54. The van der Waals surface area contributed by atoms with Gasteiger partial charge in [-0.3, -0.25) is 4.79 Å². The summed E-state index contributed by atoms with van der Waals surface area (Å²) in [5.41, 5.74) is 1.65. The van der Waals surface area contributed by atoms with Crippen LogP contribution in [-0.2, 0) is 5.41 Å². The molecule has 1 N–H and O–H groups in total. The number of ether oxygens (including phenoxy) is 1. The molecule has 1 aromatic rings. The highest BCUT2D eigenvalue weighted by Crippen LogP contribution is 2.40. The molecule has 1 aliphatic heterocycles. The maximum absolute atomic E-state index is 11.7. The van der Waals surface area contributed by atoms with E-state index in [4.69, 9.17) is 4.74 Å². The third-order valence-corrected chi connectivity index (χ3v) is 2.76. The zero-order chi connectivity index (χ0) is 11.1. The molecule has 80 valence electrons. The van der Waals surface area contributed by atoms with Crippen molar-refractivity contribution in [2.75, 3.05) is 13.7 Å². The van der Waals surface area contributed by atoms with Gasteiger partial charge in [-0.15, -0.1) is 0 Å². The van der Waals surface area contributed by atoms with E-state index in [-0.39, 0.29) is 11.3 Å². The lowest BCUT2D eigenvalue weighted by molar-refractivity contribution is 0.0961. The van der Waals surface area contributed by atoms with E-state index in [1.807, 2.05) is 18.2 Å². The first kappa shape index (κ1) is 10.0. The first-order chi connectivity index (χ1) is 7.06. The first-order valence-corrected chi connectivity index (χ1v) is 5.04. The van der Waals surface area contributed by atoms with Crippen LogP contribution in [0.25, 0.3) is 0 Å². The van der Waals surface area contributed by atoms with Crippen LogP contribution in [0.1, 0.15) is 29.8 Å². The van der Waals surface area contributed by atoms with Crippen LogP contribution in [0.5, 0.6) is 5.75 Å². The van der Waals surface area contributed by atoms with E-state index in [1.54, 1.807) is 7.05 Å². The standard InChI is InChI=1S/C12H15NO2/c1-12(2)7-15-9-6-4-5-8(10(9)12)11(14)13-3/h4-6H,7H2,1-3H3,(H,13,14). The second kappa shape index (κ2) is 3.26. The van der Waals surface area contributed by atoms with Crippen LogP contribution in [0.2, 0.25) is 0 Å². The van der Waals surface area contributed by atoms with Gasteiger partial charge in [0.2, 0.25) is 0 Å². The van der Waals surface area contributed by atoms with Crippen LogP contribution in [-0.4, -0.2) is 19.6 Å². The van der Waals surface area contributed by atoms with Gasteiger partial charge in [0.05, 0.1) is 6.61 Å². The Hall–Kier alpha value is -1.51. The van der Waals surface area contributed by atoms with Crippen LogP contribution in [0.15, 0.2) is 18.2 Å². The second-order valence-corrected chi connectivity index (χ2v) is 4.43. The molecule has 0 atom stereocenters. The van der Waals surface area contributed by atoms with E-state index in [0.717, 1.165) is 16.9 Å². The molecule has 3 heteroatoms. The Morgan fingerprint density at radius 3 is 2.87 bits per heavy atom. The van der Waals surface area contributed by atoms with Crippen molar-refractivity contribution in [1.29, 1.82) is 0 Å². The summed E-state index contributed by atoms with van der Waals surface area (Å²) in [4.78, 5) is 11.7. The molecule has 0 radical (unpaired) electrons. The second-order valence-electron chi connectivity index (χ2n) is 4.43. The molecule has 0 bridgehead atoms. The Kier molecular flexibility index (Phi) is 2.18. The molecule has 2 rings (SSSR count). The van der Waals surface area contributed by atoms with Crippen LogP contribution in [0, 0.1) is 0 Å². The van der Waals surface area contributed by atoms with E-state index < -0.39 is 0 Å². The van der Waals surface area contributed by atoms with E-state index in [2.05, 4.69) is 19.2 Å².